The highest BCUT2D eigenvalue weighted by Gasteiger charge is 2.08. The van der Waals surface area contributed by atoms with Crippen molar-refractivity contribution >= 4 is 27.2 Å². The number of nitrogens with zero attached hydrogens (tertiary/aromatic N) is 1. The first-order valence-electron chi connectivity index (χ1n) is 5.87. The molecule has 2 aromatic heterocycles. The van der Waals surface area contributed by atoms with Gasteiger partial charge in [-0.05, 0) is 42.5 Å². The molecule has 2 N–H and O–H groups in total. The lowest BCUT2D eigenvalue weighted by Crippen LogP contribution is -1.91. The normalized spacial score (nSPS) is 11.0. The summed E-state index contributed by atoms with van der Waals surface area (Å²) >= 11 is 1.82. The highest BCUT2D eigenvalue weighted by Crippen LogP contribution is 2.36. The van der Waals surface area contributed by atoms with Gasteiger partial charge < -0.3 is 5.73 Å². The fourth-order valence-corrected chi connectivity index (χ4v) is 3.38. The number of hydrogen-bond donors (Lipinski definition) is 1. The maximum atomic E-state index is 5.70. The number of rotatable bonds is 1. The van der Waals surface area contributed by atoms with Crippen LogP contribution >= 0.6 is 11.3 Å². The van der Waals surface area contributed by atoms with Crippen molar-refractivity contribution in [3.63, 3.8) is 0 Å². The van der Waals surface area contributed by atoms with Gasteiger partial charge in [0.05, 0.1) is 0 Å². The van der Waals surface area contributed by atoms with Crippen molar-refractivity contribution in [2.24, 2.45) is 0 Å². The van der Waals surface area contributed by atoms with E-state index in [0.717, 1.165) is 0 Å². The van der Waals surface area contributed by atoms with E-state index in [1.54, 1.807) is 0 Å². The molecule has 0 bridgehead atoms. The highest BCUT2D eigenvalue weighted by atomic mass is 32.1. The van der Waals surface area contributed by atoms with Gasteiger partial charge in [-0.15, -0.1) is 11.3 Å². The molecule has 2 nitrogen and oxygen atoms in total. The van der Waals surface area contributed by atoms with Crippen molar-refractivity contribution in [2.75, 3.05) is 5.73 Å². The van der Waals surface area contributed by atoms with Crippen LogP contribution in [0, 0.1) is 13.8 Å². The number of fused-ring (bicyclic) bond motifs is 1. The van der Waals surface area contributed by atoms with Gasteiger partial charge in [0.1, 0.15) is 5.82 Å². The third-order valence-electron chi connectivity index (χ3n) is 3.14. The van der Waals surface area contributed by atoms with Crippen LogP contribution in [-0.4, -0.2) is 4.98 Å². The average molecular weight is 254 g/mol. The molecular weight excluding hydrogens is 240 g/mol. The Bertz CT molecular complexity index is 728. The minimum Gasteiger partial charge on any atom is -0.384 e. The van der Waals surface area contributed by atoms with Gasteiger partial charge in [-0.1, -0.05) is 18.2 Å². The molecule has 0 aliphatic carbocycles. The number of pyridine rings is 1. The molecule has 0 amide bonds. The Labute approximate surface area is 110 Å². The zero-order valence-corrected chi connectivity index (χ0v) is 11.2. The summed E-state index contributed by atoms with van der Waals surface area (Å²) in [6, 6.07) is 10.6. The second kappa shape index (κ2) is 4.10. The van der Waals surface area contributed by atoms with Crippen LogP contribution in [0.3, 0.4) is 0 Å². The topological polar surface area (TPSA) is 38.9 Å². The maximum absolute atomic E-state index is 5.70. The van der Waals surface area contributed by atoms with Gasteiger partial charge >= 0.3 is 0 Å². The second-order valence-electron chi connectivity index (χ2n) is 4.53. The molecule has 3 aromatic rings. The molecule has 90 valence electrons. The van der Waals surface area contributed by atoms with E-state index in [1.807, 2.05) is 23.6 Å². The van der Waals surface area contributed by atoms with Gasteiger partial charge in [0.25, 0.3) is 0 Å². The van der Waals surface area contributed by atoms with Crippen molar-refractivity contribution in [1.82, 2.24) is 4.98 Å². The summed E-state index contributed by atoms with van der Waals surface area (Å²) in [4.78, 5) is 5.45. The van der Waals surface area contributed by atoms with Crippen LogP contribution < -0.4 is 5.73 Å². The Kier molecular flexibility index (Phi) is 2.56. The van der Waals surface area contributed by atoms with Crippen molar-refractivity contribution in [3.8, 4) is 10.4 Å². The van der Waals surface area contributed by atoms with Crippen molar-refractivity contribution in [1.29, 1.82) is 0 Å². The molecule has 0 unspecified atom stereocenters. The number of aromatic nitrogens is 1. The quantitative estimate of drug-likeness (QED) is 0.708. The molecule has 3 heteroatoms. The monoisotopic (exact) mass is 254 g/mol. The van der Waals surface area contributed by atoms with Crippen LogP contribution in [0.1, 0.15) is 11.1 Å². The van der Waals surface area contributed by atoms with Gasteiger partial charge in [-0.2, -0.15) is 0 Å². The summed E-state index contributed by atoms with van der Waals surface area (Å²) in [5.74, 6) is 0.577. The number of nitrogen functional groups attached to an aromatic ring is 1. The Hall–Kier alpha value is -1.87. The highest BCUT2D eigenvalue weighted by molar-refractivity contribution is 7.22. The molecule has 0 spiro atoms. The predicted octanol–water partition coefficient (Wildman–Crippen LogP) is 4.16. The van der Waals surface area contributed by atoms with Crippen LogP contribution in [0.4, 0.5) is 5.82 Å². The molecule has 0 radical (unpaired) electrons. The van der Waals surface area contributed by atoms with Crippen LogP contribution in [0.5, 0.6) is 0 Å². The fraction of sp³-hybridized carbons (Fsp3) is 0.133. The summed E-state index contributed by atoms with van der Waals surface area (Å²) < 4.78 is 1.35. The average Bonchev–Trinajstić information content (AvgIpc) is 2.74. The number of aryl methyl sites for hydroxylation is 2. The second-order valence-corrected chi connectivity index (χ2v) is 5.58. The first-order valence-corrected chi connectivity index (χ1v) is 6.68. The minimum absolute atomic E-state index is 0.577. The van der Waals surface area contributed by atoms with E-state index in [1.165, 1.54) is 31.7 Å². The van der Waals surface area contributed by atoms with E-state index in [0.29, 0.717) is 5.82 Å². The van der Waals surface area contributed by atoms with Gasteiger partial charge in [-0.25, -0.2) is 4.98 Å². The first kappa shape index (κ1) is 11.2. The van der Waals surface area contributed by atoms with E-state index in [9.17, 15) is 0 Å². The molecule has 3 rings (SSSR count). The summed E-state index contributed by atoms with van der Waals surface area (Å²) in [6.07, 6.45) is 1.87. The fourth-order valence-electron chi connectivity index (χ4n) is 2.18. The first-order chi connectivity index (χ1) is 8.65. The molecule has 0 atom stereocenters. The van der Waals surface area contributed by atoms with Crippen molar-refractivity contribution in [3.05, 3.63) is 47.7 Å². The number of hydrogen-bond acceptors (Lipinski definition) is 3. The van der Waals surface area contributed by atoms with E-state index < -0.39 is 0 Å². The Balaban J connectivity index is 2.23. The van der Waals surface area contributed by atoms with E-state index in [2.05, 4.69) is 43.1 Å². The lowest BCUT2D eigenvalue weighted by Gasteiger charge is -2.02. The molecular formula is C15H14N2S. The molecule has 0 saturated carbocycles. The SMILES string of the molecule is Cc1cc(N)ncc1-c1cc2cccc(C)c2s1. The van der Waals surface area contributed by atoms with Crippen LogP contribution in [0.15, 0.2) is 36.5 Å². The molecule has 18 heavy (non-hydrogen) atoms. The van der Waals surface area contributed by atoms with Crippen LogP contribution in [0.25, 0.3) is 20.5 Å². The van der Waals surface area contributed by atoms with Gasteiger partial charge in [0, 0.05) is 21.3 Å². The predicted molar refractivity (Wildman–Crippen MR) is 78.9 cm³/mol. The largest absolute Gasteiger partial charge is 0.384 e. The molecule has 0 fully saturated rings. The number of nitrogens with two attached hydrogens (primary N) is 1. The van der Waals surface area contributed by atoms with Crippen molar-refractivity contribution in [2.45, 2.75) is 13.8 Å². The zero-order chi connectivity index (χ0) is 12.7. The molecule has 0 aliphatic heterocycles. The number of benzene rings is 1. The number of thiophene rings is 1. The van der Waals surface area contributed by atoms with Crippen molar-refractivity contribution < 1.29 is 0 Å². The lowest BCUT2D eigenvalue weighted by atomic mass is 10.1. The molecule has 2 heterocycles. The summed E-state index contributed by atoms with van der Waals surface area (Å²) in [6.45, 7) is 4.22. The zero-order valence-electron chi connectivity index (χ0n) is 10.4. The van der Waals surface area contributed by atoms with Crippen LogP contribution in [0.2, 0.25) is 0 Å². The van der Waals surface area contributed by atoms with Gasteiger partial charge in [0.2, 0.25) is 0 Å². The molecule has 1 aromatic carbocycles. The van der Waals surface area contributed by atoms with Gasteiger partial charge in [-0.3, -0.25) is 0 Å². The Morgan fingerprint density at radius 1 is 1.11 bits per heavy atom. The van der Waals surface area contributed by atoms with E-state index in [4.69, 9.17) is 5.73 Å². The smallest absolute Gasteiger partial charge is 0.123 e. The van der Waals surface area contributed by atoms with Gasteiger partial charge in [0.15, 0.2) is 0 Å². The van der Waals surface area contributed by atoms with E-state index in [-0.39, 0.29) is 0 Å². The minimum atomic E-state index is 0.577. The molecule has 0 aliphatic rings. The van der Waals surface area contributed by atoms with E-state index >= 15 is 0 Å². The third kappa shape index (κ3) is 1.77. The molecule has 0 saturated heterocycles. The summed E-state index contributed by atoms with van der Waals surface area (Å²) in [5.41, 5.74) is 9.36. The Morgan fingerprint density at radius 3 is 2.67 bits per heavy atom. The summed E-state index contributed by atoms with van der Waals surface area (Å²) in [5, 5.41) is 1.30. The maximum Gasteiger partial charge on any atom is 0.123 e. The third-order valence-corrected chi connectivity index (χ3v) is 4.46. The summed E-state index contributed by atoms with van der Waals surface area (Å²) in [7, 11) is 0. The lowest BCUT2D eigenvalue weighted by molar-refractivity contribution is 1.30. The Morgan fingerprint density at radius 2 is 1.94 bits per heavy atom. The van der Waals surface area contributed by atoms with Crippen LogP contribution in [-0.2, 0) is 0 Å². The standard InChI is InChI=1S/C15H14N2S/c1-9-4-3-5-11-7-13(18-15(9)11)12-8-17-14(16)6-10(12)2/h3-8H,1-2H3,(H2,16,17). The number of anilines is 1.